The second-order valence-electron chi connectivity index (χ2n) is 1.72. The quantitative estimate of drug-likeness (QED) is 0.386. The molecule has 0 aromatic rings. The van der Waals surface area contributed by atoms with Crippen molar-refractivity contribution in [3.63, 3.8) is 0 Å². The van der Waals surface area contributed by atoms with E-state index in [1.54, 1.807) is 0 Å². The summed E-state index contributed by atoms with van der Waals surface area (Å²) < 4.78 is 9.10. The zero-order valence-electron chi connectivity index (χ0n) is 6.62. The van der Waals surface area contributed by atoms with Gasteiger partial charge in [-0.15, -0.1) is 0 Å². The summed E-state index contributed by atoms with van der Waals surface area (Å²) >= 11 is 5.55. The van der Waals surface area contributed by atoms with Gasteiger partial charge in [0.05, 0.1) is 17.6 Å². The zero-order chi connectivity index (χ0) is 9.40. The van der Waals surface area contributed by atoms with E-state index >= 15 is 0 Å². The Morgan fingerprint density at radius 1 is 1.58 bits per heavy atom. The van der Waals surface area contributed by atoms with Gasteiger partial charge in [0.15, 0.2) is 0 Å². The molecule has 0 aliphatic heterocycles. The van der Waals surface area contributed by atoms with Crippen molar-refractivity contribution in [1.29, 1.82) is 0 Å². The molecule has 0 fully saturated rings. The third-order valence-corrected chi connectivity index (χ3v) is 0.953. The molecule has 3 nitrogen and oxygen atoms in total. The highest BCUT2D eigenvalue weighted by molar-refractivity contribution is 6.31. The Morgan fingerprint density at radius 3 is 2.75 bits per heavy atom. The number of hydrogen-bond acceptors (Lipinski definition) is 3. The van der Waals surface area contributed by atoms with Crippen molar-refractivity contribution in [3.8, 4) is 0 Å². The van der Waals surface area contributed by atoms with Crippen LogP contribution in [-0.4, -0.2) is 5.97 Å². The number of carbonyl (C=O) groups excluding carboxylic acids is 1. The van der Waals surface area contributed by atoms with E-state index < -0.39 is 5.97 Å². The molecule has 0 aromatic carbocycles. The molecule has 0 rings (SSSR count). The van der Waals surface area contributed by atoms with Crippen molar-refractivity contribution in [1.82, 2.24) is 0 Å². The summed E-state index contributed by atoms with van der Waals surface area (Å²) in [6, 6.07) is 0. The monoisotopic (exact) mass is 188 g/mol. The Bertz CT molecular complexity index is 218. The fourth-order valence-corrected chi connectivity index (χ4v) is 0.450. The summed E-state index contributed by atoms with van der Waals surface area (Å²) in [5.74, 6) is -0.402. The van der Waals surface area contributed by atoms with Gasteiger partial charge in [-0.3, -0.25) is 4.79 Å². The zero-order valence-corrected chi connectivity index (χ0v) is 7.38. The van der Waals surface area contributed by atoms with E-state index in [0.717, 1.165) is 0 Å². The molecule has 0 aromatic heterocycles. The maximum atomic E-state index is 10.3. The number of ether oxygens (including phenoxy) is 2. The van der Waals surface area contributed by atoms with Gasteiger partial charge in [-0.25, -0.2) is 0 Å². The van der Waals surface area contributed by atoms with Crippen molar-refractivity contribution < 1.29 is 14.3 Å². The molecule has 0 radical (unpaired) electrons. The van der Waals surface area contributed by atoms with Crippen molar-refractivity contribution in [2.24, 2.45) is 0 Å². The molecule has 0 atom stereocenters. The highest BCUT2D eigenvalue weighted by atomic mass is 35.5. The molecule has 0 amide bonds. The van der Waals surface area contributed by atoms with Crippen molar-refractivity contribution in [3.05, 3.63) is 36.5 Å². The molecular formula is C8H9ClO3. The molecule has 0 bridgehead atoms. The van der Waals surface area contributed by atoms with Gasteiger partial charge in [0.1, 0.15) is 6.26 Å². The number of esters is 1. The fourth-order valence-electron chi connectivity index (χ4n) is 0.347. The third kappa shape index (κ3) is 6.89. The molecule has 12 heavy (non-hydrogen) atoms. The van der Waals surface area contributed by atoms with E-state index in [-0.39, 0.29) is 0 Å². The minimum atomic E-state index is -0.402. The second kappa shape index (κ2) is 6.49. The first kappa shape index (κ1) is 10.8. The fraction of sp³-hybridized carbons (Fsp3) is 0.125. The molecule has 0 heterocycles. The minimum absolute atomic E-state index is 0.302. The van der Waals surface area contributed by atoms with E-state index in [1.807, 2.05) is 0 Å². The van der Waals surface area contributed by atoms with Crippen LogP contribution in [0.5, 0.6) is 0 Å². The van der Waals surface area contributed by atoms with Crippen LogP contribution in [-0.2, 0) is 14.3 Å². The molecule has 4 heteroatoms. The highest BCUT2D eigenvalue weighted by Gasteiger charge is 1.87. The number of carbonyl (C=O) groups is 1. The smallest absolute Gasteiger partial charge is 0.307 e. The summed E-state index contributed by atoms with van der Waals surface area (Å²) in [4.78, 5) is 10.3. The van der Waals surface area contributed by atoms with Crippen molar-refractivity contribution in [2.75, 3.05) is 0 Å². The molecule has 0 spiro atoms. The number of hydrogen-bond donors (Lipinski definition) is 0. The van der Waals surface area contributed by atoms with Crippen LogP contribution in [0.25, 0.3) is 0 Å². The Kier molecular flexibility index (Phi) is 5.83. The molecule has 0 saturated carbocycles. The first-order valence-corrected chi connectivity index (χ1v) is 3.50. The SMILES string of the molecule is C=COC=C(Cl)C=COC(C)=O. The number of rotatable bonds is 4. The maximum absolute atomic E-state index is 10.3. The minimum Gasteiger partial charge on any atom is -0.472 e. The third-order valence-electron chi connectivity index (χ3n) is 0.738. The second-order valence-corrected chi connectivity index (χ2v) is 2.15. The molecule has 0 saturated heterocycles. The van der Waals surface area contributed by atoms with Crippen LogP contribution in [0.2, 0.25) is 0 Å². The van der Waals surface area contributed by atoms with Crippen LogP contribution in [0, 0.1) is 0 Å². The van der Waals surface area contributed by atoms with Gasteiger partial charge in [0, 0.05) is 6.92 Å². The van der Waals surface area contributed by atoms with Crippen LogP contribution in [0.15, 0.2) is 36.5 Å². The molecule has 66 valence electrons. The predicted octanol–water partition coefficient (Wildman–Crippen LogP) is 2.30. The van der Waals surface area contributed by atoms with Crippen LogP contribution < -0.4 is 0 Å². The lowest BCUT2D eigenvalue weighted by atomic mass is 10.6. The maximum Gasteiger partial charge on any atom is 0.307 e. The molecule has 0 N–H and O–H groups in total. The highest BCUT2D eigenvalue weighted by Crippen LogP contribution is 2.03. The number of allylic oxidation sites excluding steroid dienone is 2. The van der Waals surface area contributed by atoms with Gasteiger partial charge in [-0.05, 0) is 6.08 Å². The Hall–Kier alpha value is -1.22. The van der Waals surface area contributed by atoms with E-state index in [9.17, 15) is 4.79 Å². The lowest BCUT2D eigenvalue weighted by Gasteiger charge is -1.91. The van der Waals surface area contributed by atoms with E-state index in [4.69, 9.17) is 11.6 Å². The van der Waals surface area contributed by atoms with Gasteiger partial charge >= 0.3 is 5.97 Å². The van der Waals surface area contributed by atoms with E-state index in [2.05, 4.69) is 16.1 Å². The summed E-state index contributed by atoms with van der Waals surface area (Å²) in [6.07, 6.45) is 5.04. The van der Waals surface area contributed by atoms with Crippen LogP contribution in [0.4, 0.5) is 0 Å². The summed E-state index contributed by atoms with van der Waals surface area (Å²) in [7, 11) is 0. The summed E-state index contributed by atoms with van der Waals surface area (Å²) in [5, 5.41) is 0.302. The lowest BCUT2D eigenvalue weighted by molar-refractivity contribution is -0.135. The van der Waals surface area contributed by atoms with Gasteiger partial charge < -0.3 is 9.47 Å². The lowest BCUT2D eigenvalue weighted by Crippen LogP contribution is -1.89. The van der Waals surface area contributed by atoms with Gasteiger partial charge in [0.25, 0.3) is 0 Å². The first-order chi connectivity index (χ1) is 5.66. The largest absolute Gasteiger partial charge is 0.472 e. The van der Waals surface area contributed by atoms with Crippen LogP contribution >= 0.6 is 11.6 Å². The van der Waals surface area contributed by atoms with Crippen molar-refractivity contribution >= 4 is 17.6 Å². The standard InChI is InChI=1S/C8H9ClO3/c1-3-11-6-8(9)4-5-12-7(2)10/h3-6H,1H2,2H3. The average molecular weight is 189 g/mol. The molecule has 0 unspecified atom stereocenters. The Balaban J connectivity index is 3.81. The topological polar surface area (TPSA) is 35.5 Å². The summed E-state index contributed by atoms with van der Waals surface area (Å²) in [5.41, 5.74) is 0. The molecular weight excluding hydrogens is 180 g/mol. The normalized spacial score (nSPS) is 11.3. The Labute approximate surface area is 75.9 Å². The van der Waals surface area contributed by atoms with Gasteiger partial charge in [0.2, 0.25) is 0 Å². The summed E-state index contributed by atoms with van der Waals surface area (Å²) in [6.45, 7) is 4.60. The first-order valence-electron chi connectivity index (χ1n) is 3.12. The van der Waals surface area contributed by atoms with Crippen LogP contribution in [0.1, 0.15) is 6.92 Å². The number of halogens is 1. The predicted molar refractivity (Wildman–Crippen MR) is 46.1 cm³/mol. The molecule has 0 aliphatic carbocycles. The van der Waals surface area contributed by atoms with E-state index in [0.29, 0.717) is 5.03 Å². The van der Waals surface area contributed by atoms with Gasteiger partial charge in [-0.1, -0.05) is 18.2 Å². The van der Waals surface area contributed by atoms with Gasteiger partial charge in [-0.2, -0.15) is 0 Å². The average Bonchev–Trinajstić information content (AvgIpc) is 2.00. The van der Waals surface area contributed by atoms with E-state index in [1.165, 1.54) is 31.8 Å². The van der Waals surface area contributed by atoms with Crippen LogP contribution in [0.3, 0.4) is 0 Å². The Morgan fingerprint density at radius 2 is 2.25 bits per heavy atom. The van der Waals surface area contributed by atoms with Crippen molar-refractivity contribution in [2.45, 2.75) is 6.92 Å². The molecule has 0 aliphatic rings.